The molecule has 0 bridgehead atoms. The Kier molecular flexibility index (Phi) is 4.66. The molecule has 1 aromatic heterocycles. The van der Waals surface area contributed by atoms with E-state index in [1.54, 1.807) is 36.7 Å². The molecule has 3 aromatic rings. The quantitative estimate of drug-likeness (QED) is 0.788. The Hall–Kier alpha value is -3.01. The van der Waals surface area contributed by atoms with E-state index >= 15 is 0 Å². The summed E-state index contributed by atoms with van der Waals surface area (Å²) >= 11 is 0. The van der Waals surface area contributed by atoms with E-state index in [4.69, 9.17) is 0 Å². The van der Waals surface area contributed by atoms with Gasteiger partial charge in [-0.3, -0.25) is 9.78 Å². The Bertz CT molecular complexity index is 815. The summed E-state index contributed by atoms with van der Waals surface area (Å²) in [5.74, 6) is -0.488. The van der Waals surface area contributed by atoms with Gasteiger partial charge in [-0.2, -0.15) is 0 Å². The third kappa shape index (κ3) is 3.66. The minimum atomic E-state index is -0.373. The van der Waals surface area contributed by atoms with Crippen LogP contribution in [0.1, 0.15) is 33.1 Å². The van der Waals surface area contributed by atoms with Crippen LogP contribution < -0.4 is 5.32 Å². The van der Waals surface area contributed by atoms with Crippen molar-refractivity contribution in [1.82, 2.24) is 10.3 Å². The highest BCUT2D eigenvalue weighted by atomic mass is 19.1. The number of amides is 1. The molecule has 0 fully saturated rings. The molecule has 0 aliphatic rings. The number of aryl methyl sites for hydroxylation is 1. The average molecular weight is 320 g/mol. The zero-order valence-corrected chi connectivity index (χ0v) is 13.2. The zero-order valence-electron chi connectivity index (χ0n) is 13.2. The molecule has 1 unspecified atom stereocenters. The second-order valence-corrected chi connectivity index (χ2v) is 5.60. The largest absolute Gasteiger partial charge is 0.341 e. The lowest BCUT2D eigenvalue weighted by atomic mass is 9.99. The van der Waals surface area contributed by atoms with E-state index in [0.717, 1.165) is 16.7 Å². The monoisotopic (exact) mass is 320 g/mol. The van der Waals surface area contributed by atoms with E-state index in [1.165, 1.54) is 12.1 Å². The van der Waals surface area contributed by atoms with Gasteiger partial charge in [0.2, 0.25) is 0 Å². The average Bonchev–Trinajstić information content (AvgIpc) is 2.62. The molecule has 0 radical (unpaired) electrons. The smallest absolute Gasteiger partial charge is 0.252 e. The minimum Gasteiger partial charge on any atom is -0.341 e. The molecular formula is C20H17FN2O. The van der Waals surface area contributed by atoms with Crippen LogP contribution in [0.15, 0.2) is 73.1 Å². The number of pyridine rings is 1. The number of halogens is 1. The number of aromatic nitrogens is 1. The Morgan fingerprint density at radius 1 is 0.917 bits per heavy atom. The normalized spacial score (nSPS) is 11.8. The van der Waals surface area contributed by atoms with E-state index in [-0.39, 0.29) is 17.8 Å². The van der Waals surface area contributed by atoms with E-state index in [2.05, 4.69) is 10.3 Å². The molecule has 0 saturated carbocycles. The molecule has 0 saturated heterocycles. The molecule has 120 valence electrons. The van der Waals surface area contributed by atoms with Crippen LogP contribution in [-0.2, 0) is 0 Å². The lowest BCUT2D eigenvalue weighted by Crippen LogP contribution is -2.29. The second kappa shape index (κ2) is 7.04. The van der Waals surface area contributed by atoms with Gasteiger partial charge < -0.3 is 5.32 Å². The number of rotatable bonds is 4. The fraction of sp³-hybridized carbons (Fsp3) is 0.100. The SMILES string of the molecule is Cc1ccc(C(=O)NC(c2ccncc2)c2ccc(F)cc2)cc1. The Morgan fingerprint density at radius 3 is 2.12 bits per heavy atom. The molecule has 2 aromatic carbocycles. The predicted molar refractivity (Wildman–Crippen MR) is 91.1 cm³/mol. The van der Waals surface area contributed by atoms with Gasteiger partial charge in [-0.25, -0.2) is 4.39 Å². The van der Waals surface area contributed by atoms with Crippen LogP contribution in [0.5, 0.6) is 0 Å². The number of hydrogen-bond donors (Lipinski definition) is 1. The van der Waals surface area contributed by atoms with Gasteiger partial charge in [0.1, 0.15) is 5.82 Å². The number of hydrogen-bond acceptors (Lipinski definition) is 2. The molecule has 3 rings (SSSR count). The summed E-state index contributed by atoms with van der Waals surface area (Å²) in [7, 11) is 0. The summed E-state index contributed by atoms with van der Waals surface area (Å²) in [5, 5.41) is 3.02. The molecule has 0 aliphatic carbocycles. The van der Waals surface area contributed by atoms with E-state index < -0.39 is 0 Å². The van der Waals surface area contributed by atoms with Gasteiger partial charge >= 0.3 is 0 Å². The molecule has 4 heteroatoms. The summed E-state index contributed by atoms with van der Waals surface area (Å²) in [5.41, 5.74) is 3.37. The van der Waals surface area contributed by atoms with Gasteiger partial charge in [0.15, 0.2) is 0 Å². The lowest BCUT2D eigenvalue weighted by Gasteiger charge is -2.20. The number of nitrogens with one attached hydrogen (secondary N) is 1. The molecule has 3 nitrogen and oxygen atoms in total. The van der Waals surface area contributed by atoms with Gasteiger partial charge in [0.25, 0.3) is 5.91 Å². The molecule has 1 amide bonds. The van der Waals surface area contributed by atoms with E-state index in [9.17, 15) is 9.18 Å². The minimum absolute atomic E-state index is 0.180. The van der Waals surface area contributed by atoms with Crippen molar-refractivity contribution in [2.24, 2.45) is 0 Å². The first-order valence-corrected chi connectivity index (χ1v) is 7.66. The molecule has 24 heavy (non-hydrogen) atoms. The van der Waals surface area contributed by atoms with Crippen molar-refractivity contribution < 1.29 is 9.18 Å². The van der Waals surface area contributed by atoms with Crippen LogP contribution in [0.25, 0.3) is 0 Å². The number of carbonyl (C=O) groups excluding carboxylic acids is 1. The fourth-order valence-electron chi connectivity index (χ4n) is 2.49. The summed E-state index contributed by atoms with van der Waals surface area (Å²) in [6, 6.07) is 16.8. The highest BCUT2D eigenvalue weighted by molar-refractivity contribution is 5.94. The van der Waals surface area contributed by atoms with Crippen molar-refractivity contribution in [2.45, 2.75) is 13.0 Å². The van der Waals surface area contributed by atoms with Gasteiger partial charge in [0.05, 0.1) is 6.04 Å². The van der Waals surface area contributed by atoms with Crippen molar-refractivity contribution in [1.29, 1.82) is 0 Å². The van der Waals surface area contributed by atoms with Gasteiger partial charge in [0, 0.05) is 18.0 Å². The van der Waals surface area contributed by atoms with Gasteiger partial charge in [-0.15, -0.1) is 0 Å². The highest BCUT2D eigenvalue weighted by Crippen LogP contribution is 2.22. The van der Waals surface area contributed by atoms with Crippen LogP contribution in [0.4, 0.5) is 4.39 Å². The molecule has 1 atom stereocenters. The highest BCUT2D eigenvalue weighted by Gasteiger charge is 2.18. The fourth-order valence-corrected chi connectivity index (χ4v) is 2.49. The topological polar surface area (TPSA) is 42.0 Å². The number of nitrogens with zero attached hydrogens (tertiary/aromatic N) is 1. The van der Waals surface area contributed by atoms with Crippen LogP contribution >= 0.6 is 0 Å². The Balaban J connectivity index is 1.91. The third-order valence-corrected chi connectivity index (χ3v) is 3.83. The maximum Gasteiger partial charge on any atom is 0.252 e. The Labute approximate surface area is 140 Å². The summed E-state index contributed by atoms with van der Waals surface area (Å²) in [6.07, 6.45) is 3.34. The van der Waals surface area contributed by atoms with Crippen LogP contribution in [0.3, 0.4) is 0 Å². The lowest BCUT2D eigenvalue weighted by molar-refractivity contribution is 0.0943. The maximum absolute atomic E-state index is 13.2. The van der Waals surface area contributed by atoms with E-state index in [0.29, 0.717) is 5.56 Å². The molecule has 1 N–H and O–H groups in total. The first kappa shape index (κ1) is 15.9. The maximum atomic E-state index is 13.2. The molecule has 1 heterocycles. The van der Waals surface area contributed by atoms with Crippen LogP contribution in [-0.4, -0.2) is 10.9 Å². The predicted octanol–water partition coefficient (Wildman–Crippen LogP) is 4.05. The zero-order chi connectivity index (χ0) is 16.9. The van der Waals surface area contributed by atoms with Crippen molar-refractivity contribution in [3.8, 4) is 0 Å². The standard InChI is InChI=1S/C20H17FN2O/c1-14-2-4-17(5-3-14)20(24)23-19(16-10-12-22-13-11-16)15-6-8-18(21)9-7-15/h2-13,19H,1H3,(H,23,24). The molecular weight excluding hydrogens is 303 g/mol. The molecule has 0 spiro atoms. The molecule has 0 aliphatic heterocycles. The van der Waals surface area contributed by atoms with E-state index in [1.807, 2.05) is 31.2 Å². The third-order valence-electron chi connectivity index (χ3n) is 3.83. The Morgan fingerprint density at radius 2 is 1.50 bits per heavy atom. The van der Waals surface area contributed by atoms with Crippen molar-refractivity contribution in [3.63, 3.8) is 0 Å². The van der Waals surface area contributed by atoms with Crippen LogP contribution in [0.2, 0.25) is 0 Å². The van der Waals surface area contributed by atoms with Crippen molar-refractivity contribution in [2.75, 3.05) is 0 Å². The summed E-state index contributed by atoms with van der Waals surface area (Å²) < 4.78 is 13.2. The van der Waals surface area contributed by atoms with Crippen molar-refractivity contribution in [3.05, 3.63) is 101 Å². The van der Waals surface area contributed by atoms with Gasteiger partial charge in [-0.05, 0) is 54.4 Å². The first-order valence-electron chi connectivity index (χ1n) is 7.66. The van der Waals surface area contributed by atoms with Crippen molar-refractivity contribution >= 4 is 5.91 Å². The number of carbonyl (C=O) groups is 1. The first-order chi connectivity index (χ1) is 11.6. The second-order valence-electron chi connectivity index (χ2n) is 5.60. The van der Waals surface area contributed by atoms with Gasteiger partial charge in [-0.1, -0.05) is 29.8 Å². The summed E-state index contributed by atoms with van der Waals surface area (Å²) in [4.78, 5) is 16.6. The van der Waals surface area contributed by atoms with Crippen LogP contribution in [0, 0.1) is 12.7 Å². The number of benzene rings is 2. The summed E-state index contributed by atoms with van der Waals surface area (Å²) in [6.45, 7) is 1.97.